The summed E-state index contributed by atoms with van der Waals surface area (Å²) in [5.41, 5.74) is 5.47. The summed E-state index contributed by atoms with van der Waals surface area (Å²) in [6.07, 6.45) is 2.36. The van der Waals surface area contributed by atoms with Gasteiger partial charge < -0.3 is 5.73 Å². The zero-order valence-electron chi connectivity index (χ0n) is 12.8. The van der Waals surface area contributed by atoms with Crippen molar-refractivity contribution in [2.24, 2.45) is 5.73 Å². The summed E-state index contributed by atoms with van der Waals surface area (Å²) in [6, 6.07) is 1.69. The highest BCUT2D eigenvalue weighted by atomic mass is 35.5. The highest BCUT2D eigenvalue weighted by molar-refractivity contribution is 6.35. The van der Waals surface area contributed by atoms with E-state index in [1.54, 1.807) is 6.92 Å². The maximum Gasteiger partial charge on any atom is 0.267 e. The minimum absolute atomic E-state index is 0.0517. The molecule has 0 fully saturated rings. The van der Waals surface area contributed by atoms with Gasteiger partial charge in [-0.1, -0.05) is 11.6 Å². The molecule has 2 N–H and O–H groups in total. The maximum atomic E-state index is 14.1. The number of hydrogen-bond acceptors (Lipinski definition) is 4. The lowest BCUT2D eigenvalue weighted by molar-refractivity contribution is 0.605. The lowest BCUT2D eigenvalue weighted by Crippen LogP contribution is -2.28. The fourth-order valence-corrected chi connectivity index (χ4v) is 2.72. The number of halogens is 3. The zero-order valence-corrected chi connectivity index (χ0v) is 13.6. The Kier molecular flexibility index (Phi) is 4.06. The molecule has 0 aliphatic rings. The van der Waals surface area contributed by atoms with Crippen LogP contribution in [0.3, 0.4) is 0 Å². The summed E-state index contributed by atoms with van der Waals surface area (Å²) in [6.45, 7) is 3.09. The summed E-state index contributed by atoms with van der Waals surface area (Å²) in [5, 5.41) is -0.0411. The number of benzene rings is 1. The van der Waals surface area contributed by atoms with E-state index in [9.17, 15) is 13.6 Å². The number of nitrogens with two attached hydrogens (primary N) is 1. The van der Waals surface area contributed by atoms with Gasteiger partial charge in [0.1, 0.15) is 23.0 Å². The van der Waals surface area contributed by atoms with Gasteiger partial charge in [-0.25, -0.2) is 13.8 Å². The van der Waals surface area contributed by atoms with Crippen LogP contribution in [0.15, 0.2) is 29.3 Å². The lowest BCUT2D eigenvalue weighted by atomic mass is 10.1. The van der Waals surface area contributed by atoms with E-state index < -0.39 is 23.2 Å². The number of pyridine rings is 1. The Balaban J connectivity index is 2.54. The van der Waals surface area contributed by atoms with Crippen molar-refractivity contribution >= 4 is 22.5 Å². The minimum atomic E-state index is -0.705. The first-order valence-electron chi connectivity index (χ1n) is 7.09. The molecule has 24 heavy (non-hydrogen) atoms. The molecule has 0 aliphatic heterocycles. The van der Waals surface area contributed by atoms with Crippen molar-refractivity contribution in [1.29, 1.82) is 0 Å². The average Bonchev–Trinajstić information content (AvgIpc) is 2.53. The number of fused-ring (bicyclic) bond motifs is 1. The molecule has 0 saturated carbocycles. The second kappa shape index (κ2) is 5.92. The fraction of sp³-hybridized carbons (Fsp3) is 0.188. The third-order valence-corrected chi connectivity index (χ3v) is 4.04. The van der Waals surface area contributed by atoms with Gasteiger partial charge in [0, 0.05) is 5.56 Å². The van der Waals surface area contributed by atoms with Crippen LogP contribution in [0.25, 0.3) is 16.6 Å². The lowest BCUT2D eigenvalue weighted by Gasteiger charge is -2.17. The number of rotatable bonds is 2. The standard InChI is InChI=1S/C16H13ClF2N4O/c1-7-11(19)5-21-6-12(7)23-15(8(2)20)22-14-10(18)4-3-9(17)13(14)16(23)24/h3-6,8H,20H2,1-2H3. The Hall–Kier alpha value is -2.38. The number of nitrogens with zero attached hydrogens (tertiary/aromatic N) is 3. The molecule has 0 amide bonds. The summed E-state index contributed by atoms with van der Waals surface area (Å²) in [7, 11) is 0. The van der Waals surface area contributed by atoms with Crippen molar-refractivity contribution in [2.45, 2.75) is 19.9 Å². The SMILES string of the molecule is Cc1c(F)cncc1-n1c(C(C)N)nc2c(F)ccc(Cl)c2c1=O. The molecule has 5 nitrogen and oxygen atoms in total. The van der Waals surface area contributed by atoms with Gasteiger partial charge in [-0.15, -0.1) is 0 Å². The third kappa shape index (κ3) is 2.46. The van der Waals surface area contributed by atoms with Crippen molar-refractivity contribution in [3.63, 3.8) is 0 Å². The molecular formula is C16H13ClF2N4O. The third-order valence-electron chi connectivity index (χ3n) is 3.73. The molecule has 0 aliphatic carbocycles. The van der Waals surface area contributed by atoms with Gasteiger partial charge in [0.05, 0.1) is 34.5 Å². The van der Waals surface area contributed by atoms with Crippen LogP contribution in [0, 0.1) is 18.6 Å². The van der Waals surface area contributed by atoms with Gasteiger partial charge in [-0.2, -0.15) is 0 Å². The van der Waals surface area contributed by atoms with Crippen LogP contribution in [0.1, 0.15) is 24.4 Å². The minimum Gasteiger partial charge on any atom is -0.322 e. The van der Waals surface area contributed by atoms with Gasteiger partial charge in [-0.3, -0.25) is 14.3 Å². The average molecular weight is 351 g/mol. The molecule has 2 heterocycles. The molecule has 0 spiro atoms. The van der Waals surface area contributed by atoms with Crippen LogP contribution < -0.4 is 11.3 Å². The van der Waals surface area contributed by atoms with Crippen molar-refractivity contribution < 1.29 is 8.78 Å². The van der Waals surface area contributed by atoms with Crippen LogP contribution in [0.2, 0.25) is 5.02 Å². The first-order valence-corrected chi connectivity index (χ1v) is 7.47. The molecule has 8 heteroatoms. The van der Waals surface area contributed by atoms with Gasteiger partial charge in [0.25, 0.3) is 5.56 Å². The molecule has 0 bridgehead atoms. The van der Waals surface area contributed by atoms with Crippen LogP contribution >= 0.6 is 11.6 Å². The van der Waals surface area contributed by atoms with E-state index in [0.717, 1.165) is 16.8 Å². The van der Waals surface area contributed by atoms with Crippen LogP contribution in [0.4, 0.5) is 8.78 Å². The Morgan fingerprint density at radius 2 is 1.96 bits per heavy atom. The molecule has 1 aromatic carbocycles. The molecule has 0 saturated heterocycles. The topological polar surface area (TPSA) is 73.8 Å². The largest absolute Gasteiger partial charge is 0.322 e. The summed E-state index contributed by atoms with van der Waals surface area (Å²) >= 11 is 6.06. The summed E-state index contributed by atoms with van der Waals surface area (Å²) in [4.78, 5) is 20.9. The van der Waals surface area contributed by atoms with E-state index in [0.29, 0.717) is 0 Å². The smallest absolute Gasteiger partial charge is 0.267 e. The van der Waals surface area contributed by atoms with E-state index in [1.165, 1.54) is 19.2 Å². The van der Waals surface area contributed by atoms with Gasteiger partial charge in [0.15, 0.2) is 0 Å². The highest BCUT2D eigenvalue weighted by Crippen LogP contribution is 2.25. The predicted octanol–water partition coefficient (Wildman–Crippen LogP) is 3.04. The molecule has 3 rings (SSSR count). The van der Waals surface area contributed by atoms with E-state index in [4.69, 9.17) is 17.3 Å². The Labute approximate surface area is 140 Å². The highest BCUT2D eigenvalue weighted by Gasteiger charge is 2.21. The molecule has 2 aromatic heterocycles. The predicted molar refractivity (Wildman–Crippen MR) is 87.4 cm³/mol. The second-order valence-corrected chi connectivity index (χ2v) is 5.82. The first-order chi connectivity index (χ1) is 11.3. The zero-order chi connectivity index (χ0) is 17.6. The Bertz CT molecular complexity index is 1020. The molecule has 1 unspecified atom stereocenters. The van der Waals surface area contributed by atoms with Crippen molar-refractivity contribution in [2.75, 3.05) is 0 Å². The van der Waals surface area contributed by atoms with E-state index >= 15 is 0 Å². The van der Waals surface area contributed by atoms with E-state index in [-0.39, 0.29) is 33.0 Å². The van der Waals surface area contributed by atoms with Crippen LogP contribution in [-0.4, -0.2) is 14.5 Å². The first kappa shape index (κ1) is 16.5. The monoisotopic (exact) mass is 350 g/mol. The van der Waals surface area contributed by atoms with Gasteiger partial charge in [0.2, 0.25) is 0 Å². The van der Waals surface area contributed by atoms with E-state index in [1.807, 2.05) is 0 Å². The normalized spacial score (nSPS) is 12.6. The van der Waals surface area contributed by atoms with Crippen LogP contribution in [0.5, 0.6) is 0 Å². The number of hydrogen-bond donors (Lipinski definition) is 1. The molecule has 3 aromatic rings. The second-order valence-electron chi connectivity index (χ2n) is 5.42. The van der Waals surface area contributed by atoms with Gasteiger partial charge in [-0.05, 0) is 26.0 Å². The van der Waals surface area contributed by atoms with Gasteiger partial charge >= 0.3 is 0 Å². The molecule has 124 valence electrons. The Morgan fingerprint density at radius 1 is 1.25 bits per heavy atom. The Morgan fingerprint density at radius 3 is 2.62 bits per heavy atom. The molecule has 0 radical (unpaired) electrons. The summed E-state index contributed by atoms with van der Waals surface area (Å²) < 4.78 is 29.1. The van der Waals surface area contributed by atoms with E-state index in [2.05, 4.69) is 9.97 Å². The van der Waals surface area contributed by atoms with Crippen molar-refractivity contribution in [1.82, 2.24) is 14.5 Å². The fourth-order valence-electron chi connectivity index (χ4n) is 2.49. The number of aromatic nitrogens is 3. The summed E-state index contributed by atoms with van der Waals surface area (Å²) in [5.74, 6) is -1.18. The van der Waals surface area contributed by atoms with Crippen molar-refractivity contribution in [3.8, 4) is 5.69 Å². The quantitative estimate of drug-likeness (QED) is 0.771. The van der Waals surface area contributed by atoms with Crippen molar-refractivity contribution in [3.05, 3.63) is 62.9 Å². The maximum absolute atomic E-state index is 14.1. The van der Waals surface area contributed by atoms with Crippen LogP contribution in [-0.2, 0) is 0 Å². The molecular weight excluding hydrogens is 338 g/mol. The molecule has 1 atom stereocenters.